The number of aromatic nitrogens is 11. The van der Waals surface area contributed by atoms with Crippen molar-refractivity contribution in [1.82, 2.24) is 54.8 Å². The molecule has 95 heavy (non-hydrogen) atoms. The topological polar surface area (TPSA) is 252 Å². The van der Waals surface area contributed by atoms with Gasteiger partial charge < -0.3 is 63.8 Å². The van der Waals surface area contributed by atoms with Gasteiger partial charge in [-0.1, -0.05) is 0 Å². The normalized spacial score (nSPS) is 22.3. The molecule has 0 amide bonds. The zero-order valence-electron chi connectivity index (χ0n) is 54.1. The molecule has 0 spiro atoms. The van der Waals surface area contributed by atoms with Crippen LogP contribution in [-0.2, 0) is 14.2 Å². The number of fused-ring (bicyclic) bond motifs is 3. The summed E-state index contributed by atoms with van der Waals surface area (Å²) >= 11 is 0. The summed E-state index contributed by atoms with van der Waals surface area (Å²) in [7, 11) is 1.57. The van der Waals surface area contributed by atoms with E-state index in [2.05, 4.69) is 123 Å². The van der Waals surface area contributed by atoms with E-state index in [0.29, 0.717) is 30.1 Å². The number of rotatable bonds is 17. The fraction of sp³-hybridized carbons (Fsp3) is 0.479. The minimum atomic E-state index is 0.151. The van der Waals surface area contributed by atoms with E-state index in [1.165, 1.54) is 12.8 Å². The van der Waals surface area contributed by atoms with Gasteiger partial charge in [0.1, 0.15) is 51.3 Å². The Morgan fingerprint density at radius 3 is 1.20 bits per heavy atom. The predicted molar refractivity (Wildman–Crippen MR) is 365 cm³/mol. The van der Waals surface area contributed by atoms with Gasteiger partial charge in [-0.25, -0.2) is 29.9 Å². The van der Waals surface area contributed by atoms with Crippen LogP contribution in [0.25, 0.3) is 33.1 Å². The lowest BCUT2D eigenvalue weighted by Gasteiger charge is -2.31. The first kappa shape index (κ1) is 63.3. The molecule has 16 rings (SSSR count). The van der Waals surface area contributed by atoms with Crippen LogP contribution in [0.1, 0.15) is 102 Å². The molecule has 24 heteroatoms. The van der Waals surface area contributed by atoms with Crippen molar-refractivity contribution < 1.29 is 33.2 Å². The number of hydrogen-bond donors (Lipinski definition) is 3. The number of ether oxygens (including phenoxy) is 7. The average Bonchev–Trinajstić information content (AvgIpc) is 1.26. The number of nitrogens with zero attached hydrogens (tertiary/aromatic N) is 14. The lowest BCUT2D eigenvalue weighted by molar-refractivity contribution is 0.122. The molecule has 0 bridgehead atoms. The van der Waals surface area contributed by atoms with Crippen molar-refractivity contribution in [2.24, 2.45) is 0 Å². The molecule has 4 saturated carbocycles. The highest BCUT2D eigenvalue weighted by Gasteiger charge is 2.30. The number of hydrogen-bond acceptors (Lipinski definition) is 24. The number of anilines is 6. The molecule has 3 aliphatic heterocycles. The number of morpholine rings is 3. The highest BCUT2D eigenvalue weighted by Crippen LogP contribution is 2.40. The van der Waals surface area contributed by atoms with Crippen LogP contribution in [0, 0.1) is 0 Å². The van der Waals surface area contributed by atoms with Gasteiger partial charge in [-0.2, -0.15) is 4.98 Å². The smallest absolute Gasteiger partial charge is 0.318 e. The van der Waals surface area contributed by atoms with E-state index >= 15 is 0 Å². The minimum absolute atomic E-state index is 0.151. The van der Waals surface area contributed by atoms with Crippen LogP contribution in [-0.4, -0.2) is 177 Å². The van der Waals surface area contributed by atoms with Gasteiger partial charge in [-0.15, -0.1) is 0 Å². The first-order valence-electron chi connectivity index (χ1n) is 34.1. The molecule has 9 heterocycles. The number of nitrogens with one attached hydrogen (secondary N) is 3. The van der Waals surface area contributed by atoms with Gasteiger partial charge in [0.15, 0.2) is 0 Å². The summed E-state index contributed by atoms with van der Waals surface area (Å²) in [6.07, 6.45) is 32.9. The van der Waals surface area contributed by atoms with Crippen molar-refractivity contribution in [3.63, 3.8) is 0 Å². The average molecular weight is 1290 g/mol. The maximum atomic E-state index is 6.54. The number of pyridine rings is 1. The SMILES string of the molecule is COc1nccc(NC2CCC(Oc3cc(N4CCOCC4)cc4nccnc34)CC2)n1.c1cc(NC2CCC(Oc3cc(N4CCOCC4)cc4nccnc34)CC2)nc(C2CC2)n1.c1cncc(NC2CCC(Oc3cc(N4CCOCC4)cc4nccnc34)CC2)c1. The Hall–Kier alpha value is -9.13. The van der Waals surface area contributed by atoms with Gasteiger partial charge in [0, 0.05) is 161 Å². The summed E-state index contributed by atoms with van der Waals surface area (Å²) in [5.41, 5.74) is 9.57. The first-order valence-corrected chi connectivity index (χ1v) is 34.1. The Kier molecular flexibility index (Phi) is 20.6. The first-order chi connectivity index (χ1) is 46.9. The van der Waals surface area contributed by atoms with Crippen molar-refractivity contribution in [3.8, 4) is 23.3 Å². The summed E-state index contributed by atoms with van der Waals surface area (Å²) in [6.45, 7) is 9.76. The molecule has 3 N–H and O–H groups in total. The van der Waals surface area contributed by atoms with Crippen LogP contribution in [0.15, 0.2) is 123 Å². The zero-order chi connectivity index (χ0) is 64.0. The predicted octanol–water partition coefficient (Wildman–Crippen LogP) is 10.7. The Bertz CT molecular complexity index is 3930. The lowest BCUT2D eigenvalue weighted by Crippen LogP contribution is -2.36. The molecule has 0 unspecified atom stereocenters. The van der Waals surface area contributed by atoms with E-state index in [9.17, 15) is 0 Å². The Balaban J connectivity index is 0.000000123. The largest absolute Gasteiger partial charge is 0.488 e. The fourth-order valence-corrected chi connectivity index (χ4v) is 13.5. The van der Waals surface area contributed by atoms with Crippen LogP contribution in [0.4, 0.5) is 34.4 Å². The van der Waals surface area contributed by atoms with Gasteiger partial charge >= 0.3 is 6.01 Å². The van der Waals surface area contributed by atoms with Crippen LogP contribution in [0.3, 0.4) is 0 Å². The molecule has 7 fully saturated rings. The van der Waals surface area contributed by atoms with Gasteiger partial charge in [0.25, 0.3) is 0 Å². The van der Waals surface area contributed by atoms with E-state index in [1.54, 1.807) is 56.7 Å². The molecule has 0 atom stereocenters. The Morgan fingerprint density at radius 2 is 0.800 bits per heavy atom. The standard InChI is InChI=1S/C25H30N6O2.C23H28N6O3.C23H27N5O2/c1-2-17(1)25-28-8-7-23(30-25)29-18-3-5-20(6-4-18)33-22-16-19(31-11-13-32-14-12-31)15-21-24(22)27-10-9-26-21;1-30-23-26-7-6-21(28-23)27-16-2-4-18(5-3-16)32-20-15-17(29-10-12-31-13-11-29)14-19-22(20)25-9-8-24-19;1-2-18(16-24-7-1)27-17-3-5-20(6-4-17)30-22-15-19(28-10-12-29-13-11-28)14-21-23(22)26-9-8-25-21/h7-10,15-18,20H,1-6,11-14H2,(H,28,29,30);6-9,14-16,18H,2-5,10-13H2,1H3,(H,26,27,28);1-2,7-9,14-17,20,27H,3-6,10-13H2. The van der Waals surface area contributed by atoms with Crippen molar-refractivity contribution in [3.05, 3.63) is 128 Å². The maximum Gasteiger partial charge on any atom is 0.318 e. The maximum absolute atomic E-state index is 6.54. The van der Waals surface area contributed by atoms with E-state index in [4.69, 9.17) is 38.1 Å². The summed E-state index contributed by atoms with van der Waals surface area (Å²) < 4.78 is 41.2. The number of methoxy groups -OCH3 is 1. The molecule has 0 radical (unpaired) electrons. The molecule has 496 valence electrons. The number of benzene rings is 3. The third kappa shape index (κ3) is 16.7. The van der Waals surface area contributed by atoms with Gasteiger partial charge in [0.05, 0.1) is 87.3 Å². The Labute approximate surface area is 553 Å². The molecule has 24 nitrogen and oxygen atoms in total. The van der Waals surface area contributed by atoms with Crippen molar-refractivity contribution in [1.29, 1.82) is 0 Å². The molecular formula is C71H85N17O7. The summed E-state index contributed by atoms with van der Waals surface area (Å²) in [5.74, 6) is 5.80. The van der Waals surface area contributed by atoms with E-state index in [1.807, 2.05) is 30.6 Å². The highest BCUT2D eigenvalue weighted by atomic mass is 16.5. The molecule has 7 aliphatic rings. The molecule has 6 aromatic heterocycles. The summed E-state index contributed by atoms with van der Waals surface area (Å²) in [4.78, 5) is 56.0. The third-order valence-electron chi connectivity index (χ3n) is 18.8. The van der Waals surface area contributed by atoms with Gasteiger partial charge in [-0.3, -0.25) is 19.9 Å². The van der Waals surface area contributed by atoms with Crippen molar-refractivity contribution in [2.75, 3.05) is 117 Å². The molecular weight excluding hydrogens is 1200 g/mol. The third-order valence-corrected chi connectivity index (χ3v) is 18.8. The van der Waals surface area contributed by atoms with Gasteiger partial charge in [-0.05, 0) is 132 Å². The van der Waals surface area contributed by atoms with Crippen LogP contribution in [0.5, 0.6) is 23.3 Å². The van der Waals surface area contributed by atoms with Gasteiger partial charge in [0.2, 0.25) is 0 Å². The molecule has 3 aromatic carbocycles. The van der Waals surface area contributed by atoms with Crippen molar-refractivity contribution >= 4 is 67.5 Å². The molecule has 3 saturated heterocycles. The second kappa shape index (κ2) is 31.0. The van der Waals surface area contributed by atoms with Crippen LogP contribution < -0.4 is 49.6 Å². The van der Waals surface area contributed by atoms with Crippen LogP contribution in [0.2, 0.25) is 0 Å². The fourth-order valence-electron chi connectivity index (χ4n) is 13.5. The van der Waals surface area contributed by atoms with E-state index in [0.717, 1.165) is 247 Å². The molecule has 9 aromatic rings. The quantitative estimate of drug-likeness (QED) is 0.0766. The highest BCUT2D eigenvalue weighted by molar-refractivity contribution is 5.87. The Morgan fingerprint density at radius 1 is 0.400 bits per heavy atom. The lowest BCUT2D eigenvalue weighted by atomic mass is 9.92. The monoisotopic (exact) mass is 1290 g/mol. The van der Waals surface area contributed by atoms with E-state index < -0.39 is 0 Å². The zero-order valence-corrected chi connectivity index (χ0v) is 54.1. The van der Waals surface area contributed by atoms with E-state index in [-0.39, 0.29) is 18.3 Å². The summed E-state index contributed by atoms with van der Waals surface area (Å²) in [6, 6.07) is 22.2. The summed E-state index contributed by atoms with van der Waals surface area (Å²) in [5, 5.41) is 10.7. The van der Waals surface area contributed by atoms with Crippen molar-refractivity contribution in [2.45, 2.75) is 132 Å². The minimum Gasteiger partial charge on any atom is -0.488 e. The van der Waals surface area contributed by atoms with Crippen LogP contribution >= 0.6 is 0 Å². The molecule has 4 aliphatic carbocycles. The second-order valence-electron chi connectivity index (χ2n) is 25.4. The second-order valence-corrected chi connectivity index (χ2v) is 25.4.